The highest BCUT2D eigenvalue weighted by Gasteiger charge is 2.14. The number of hydrogen-bond acceptors (Lipinski definition) is 3. The van der Waals surface area contributed by atoms with Crippen LogP contribution in [0.1, 0.15) is 34.5 Å². The molecule has 3 rings (SSSR count). The molecule has 0 spiro atoms. The van der Waals surface area contributed by atoms with Crippen molar-refractivity contribution in [3.63, 3.8) is 0 Å². The molecule has 0 aromatic heterocycles. The highest BCUT2D eigenvalue weighted by molar-refractivity contribution is 7.98. The second-order valence-electron chi connectivity index (χ2n) is 6.52. The highest BCUT2D eigenvalue weighted by Crippen LogP contribution is 2.29. The van der Waals surface area contributed by atoms with E-state index in [1.54, 1.807) is 43.1 Å². The molecule has 1 atom stereocenters. The lowest BCUT2D eigenvalue weighted by Crippen LogP contribution is -2.26. The monoisotopic (exact) mass is 429 g/mol. The number of carbonyl (C=O) groups is 1. The summed E-state index contributed by atoms with van der Waals surface area (Å²) in [4.78, 5) is 13.8. The summed E-state index contributed by atoms with van der Waals surface area (Å²) in [7, 11) is 1.61. The Morgan fingerprint density at radius 2 is 1.79 bits per heavy atom. The first-order chi connectivity index (χ1) is 14.0. The van der Waals surface area contributed by atoms with Gasteiger partial charge in [-0.25, -0.2) is 4.39 Å². The van der Waals surface area contributed by atoms with Crippen LogP contribution in [0.3, 0.4) is 0 Å². The molecule has 3 aromatic carbocycles. The Labute approximate surface area is 179 Å². The third-order valence-electron chi connectivity index (χ3n) is 4.47. The number of carbonyl (C=O) groups excluding carboxylic acids is 1. The van der Waals surface area contributed by atoms with E-state index in [2.05, 4.69) is 5.32 Å². The fourth-order valence-corrected chi connectivity index (χ4v) is 3.84. The van der Waals surface area contributed by atoms with Gasteiger partial charge in [-0.05, 0) is 67.1 Å². The Morgan fingerprint density at radius 1 is 1.10 bits per heavy atom. The minimum Gasteiger partial charge on any atom is -0.496 e. The SMILES string of the molecule is COc1ccc(C(=O)NC(C)c2ccc(F)cc2)cc1CSc1ccc(Cl)cc1. The number of amides is 1. The van der Waals surface area contributed by atoms with Crippen LogP contribution < -0.4 is 10.1 Å². The molecule has 1 amide bonds. The molecule has 29 heavy (non-hydrogen) atoms. The maximum Gasteiger partial charge on any atom is 0.251 e. The van der Waals surface area contributed by atoms with Crippen molar-refractivity contribution < 1.29 is 13.9 Å². The Hall–Kier alpha value is -2.50. The molecular weight excluding hydrogens is 409 g/mol. The van der Waals surface area contributed by atoms with E-state index in [0.29, 0.717) is 16.3 Å². The Morgan fingerprint density at radius 3 is 2.45 bits per heavy atom. The third kappa shape index (κ3) is 5.75. The van der Waals surface area contributed by atoms with E-state index in [1.807, 2.05) is 37.3 Å². The van der Waals surface area contributed by atoms with E-state index in [1.165, 1.54) is 12.1 Å². The Kier molecular flexibility index (Phi) is 7.18. The van der Waals surface area contributed by atoms with Crippen LogP contribution in [-0.2, 0) is 5.75 Å². The van der Waals surface area contributed by atoms with E-state index in [-0.39, 0.29) is 17.8 Å². The van der Waals surface area contributed by atoms with Gasteiger partial charge in [0.05, 0.1) is 13.2 Å². The van der Waals surface area contributed by atoms with Crippen molar-refractivity contribution in [1.82, 2.24) is 5.32 Å². The van der Waals surface area contributed by atoms with Crippen molar-refractivity contribution in [2.24, 2.45) is 0 Å². The molecule has 6 heteroatoms. The Bertz CT molecular complexity index is 977. The van der Waals surface area contributed by atoms with Gasteiger partial charge in [0.25, 0.3) is 5.91 Å². The van der Waals surface area contributed by atoms with Crippen LogP contribution in [-0.4, -0.2) is 13.0 Å². The number of methoxy groups -OCH3 is 1. The fourth-order valence-electron chi connectivity index (χ4n) is 2.84. The van der Waals surface area contributed by atoms with Gasteiger partial charge in [-0.15, -0.1) is 11.8 Å². The first kappa shape index (κ1) is 21.2. The number of hydrogen-bond donors (Lipinski definition) is 1. The molecule has 0 aliphatic heterocycles. The van der Waals surface area contributed by atoms with Gasteiger partial charge in [0.1, 0.15) is 11.6 Å². The lowest BCUT2D eigenvalue weighted by atomic mass is 10.1. The van der Waals surface area contributed by atoms with Crippen LogP contribution in [0.25, 0.3) is 0 Å². The van der Waals surface area contributed by atoms with E-state index < -0.39 is 0 Å². The van der Waals surface area contributed by atoms with E-state index in [4.69, 9.17) is 16.3 Å². The molecule has 0 fully saturated rings. The number of rotatable bonds is 7. The van der Waals surface area contributed by atoms with Gasteiger partial charge in [0, 0.05) is 26.8 Å². The van der Waals surface area contributed by atoms with Crippen LogP contribution in [0.15, 0.2) is 71.6 Å². The number of thioether (sulfide) groups is 1. The summed E-state index contributed by atoms with van der Waals surface area (Å²) in [5.41, 5.74) is 2.31. The third-order valence-corrected chi connectivity index (χ3v) is 5.78. The molecule has 0 saturated heterocycles. The molecule has 0 bridgehead atoms. The molecule has 1 unspecified atom stereocenters. The van der Waals surface area contributed by atoms with E-state index in [0.717, 1.165) is 21.8 Å². The van der Waals surface area contributed by atoms with Crippen molar-refractivity contribution in [2.75, 3.05) is 7.11 Å². The highest BCUT2D eigenvalue weighted by atomic mass is 35.5. The van der Waals surface area contributed by atoms with Gasteiger partial charge < -0.3 is 10.1 Å². The zero-order valence-electron chi connectivity index (χ0n) is 16.1. The molecule has 0 heterocycles. The topological polar surface area (TPSA) is 38.3 Å². The lowest BCUT2D eigenvalue weighted by molar-refractivity contribution is 0.0939. The van der Waals surface area contributed by atoms with Crippen molar-refractivity contribution in [3.8, 4) is 5.75 Å². The molecule has 1 N–H and O–H groups in total. The zero-order chi connectivity index (χ0) is 20.8. The molecule has 0 radical (unpaired) electrons. The van der Waals surface area contributed by atoms with Gasteiger partial charge >= 0.3 is 0 Å². The van der Waals surface area contributed by atoms with E-state index >= 15 is 0 Å². The second kappa shape index (κ2) is 9.81. The van der Waals surface area contributed by atoms with Gasteiger partial charge in [-0.3, -0.25) is 4.79 Å². The molecule has 0 aliphatic rings. The summed E-state index contributed by atoms with van der Waals surface area (Å²) in [6.07, 6.45) is 0. The van der Waals surface area contributed by atoms with Crippen molar-refractivity contribution in [2.45, 2.75) is 23.6 Å². The predicted octanol–water partition coefficient (Wildman–Crippen LogP) is 6.27. The molecule has 0 saturated carbocycles. The minimum absolute atomic E-state index is 0.192. The largest absolute Gasteiger partial charge is 0.496 e. The van der Waals surface area contributed by atoms with Crippen LogP contribution in [0.5, 0.6) is 5.75 Å². The van der Waals surface area contributed by atoms with Gasteiger partial charge in [0.15, 0.2) is 0 Å². The van der Waals surface area contributed by atoms with Crippen LogP contribution >= 0.6 is 23.4 Å². The Balaban J connectivity index is 1.71. The number of halogens is 2. The number of nitrogens with one attached hydrogen (secondary N) is 1. The zero-order valence-corrected chi connectivity index (χ0v) is 17.7. The average Bonchev–Trinajstić information content (AvgIpc) is 2.73. The summed E-state index contributed by atoms with van der Waals surface area (Å²) in [5.74, 6) is 0.890. The maximum atomic E-state index is 13.1. The fraction of sp³-hybridized carbons (Fsp3) is 0.174. The van der Waals surface area contributed by atoms with Crippen molar-refractivity contribution >= 4 is 29.3 Å². The molecule has 0 aliphatic carbocycles. The predicted molar refractivity (Wildman–Crippen MR) is 116 cm³/mol. The summed E-state index contributed by atoms with van der Waals surface area (Å²) in [5, 5.41) is 3.65. The lowest BCUT2D eigenvalue weighted by Gasteiger charge is -2.16. The van der Waals surface area contributed by atoms with Gasteiger partial charge in [0.2, 0.25) is 0 Å². The molecule has 3 nitrogen and oxygen atoms in total. The molecular formula is C23H21ClFNO2S. The average molecular weight is 430 g/mol. The van der Waals surface area contributed by atoms with Crippen molar-refractivity contribution in [3.05, 3.63) is 94.3 Å². The smallest absolute Gasteiger partial charge is 0.251 e. The van der Waals surface area contributed by atoms with Crippen LogP contribution in [0, 0.1) is 5.82 Å². The quantitative estimate of drug-likeness (QED) is 0.450. The maximum absolute atomic E-state index is 13.1. The summed E-state index contributed by atoms with van der Waals surface area (Å²) in [6.45, 7) is 1.87. The minimum atomic E-state index is -0.301. The first-order valence-electron chi connectivity index (χ1n) is 9.08. The van der Waals surface area contributed by atoms with Crippen LogP contribution in [0.4, 0.5) is 4.39 Å². The summed E-state index contributed by atoms with van der Waals surface area (Å²) in [6, 6.07) is 18.9. The normalized spacial score (nSPS) is 11.7. The first-order valence-corrected chi connectivity index (χ1v) is 10.4. The number of ether oxygens (including phenoxy) is 1. The molecule has 150 valence electrons. The molecule has 3 aromatic rings. The number of benzene rings is 3. The van der Waals surface area contributed by atoms with E-state index in [9.17, 15) is 9.18 Å². The van der Waals surface area contributed by atoms with Crippen LogP contribution in [0.2, 0.25) is 5.02 Å². The van der Waals surface area contributed by atoms with Gasteiger partial charge in [-0.1, -0.05) is 23.7 Å². The van der Waals surface area contributed by atoms with Gasteiger partial charge in [-0.2, -0.15) is 0 Å². The van der Waals surface area contributed by atoms with Crippen molar-refractivity contribution in [1.29, 1.82) is 0 Å². The summed E-state index contributed by atoms with van der Waals surface area (Å²) < 4.78 is 18.5. The standard InChI is InChI=1S/C23H21ClFNO2S/c1-15(16-3-8-20(25)9-4-16)26-23(27)17-5-12-22(28-2)18(13-17)14-29-21-10-6-19(24)7-11-21/h3-13,15H,14H2,1-2H3,(H,26,27). The second-order valence-corrected chi connectivity index (χ2v) is 8.00. The summed E-state index contributed by atoms with van der Waals surface area (Å²) >= 11 is 7.57.